The van der Waals surface area contributed by atoms with Crippen molar-refractivity contribution in [3.05, 3.63) is 11.4 Å². The summed E-state index contributed by atoms with van der Waals surface area (Å²) >= 11 is 0. The molecule has 0 unspecified atom stereocenters. The zero-order valence-corrected chi connectivity index (χ0v) is 6.09. The van der Waals surface area contributed by atoms with Crippen molar-refractivity contribution in [3.63, 3.8) is 0 Å². The Kier molecular flexibility index (Phi) is 2.39. The van der Waals surface area contributed by atoms with E-state index in [1.807, 2.05) is 6.92 Å². The number of nitrogens with zero attached hydrogens (tertiary/aromatic N) is 2. The molecule has 1 rings (SSSR count). The summed E-state index contributed by atoms with van der Waals surface area (Å²) in [4.78, 5) is 0. The molecule has 4 heteroatoms. The van der Waals surface area contributed by atoms with E-state index in [4.69, 9.17) is 5.73 Å². The van der Waals surface area contributed by atoms with E-state index in [1.165, 1.54) is 0 Å². The fourth-order valence-corrected chi connectivity index (χ4v) is 0.812. The first-order chi connectivity index (χ1) is 4.84. The predicted octanol–water partition coefficient (Wildman–Crippen LogP) is 0.00442. The van der Waals surface area contributed by atoms with E-state index >= 15 is 0 Å². The topological polar surface area (TPSA) is 67.6 Å². The van der Waals surface area contributed by atoms with Gasteiger partial charge in [-0.25, -0.2) is 0 Å². The Hall–Kier alpha value is -0.900. The van der Waals surface area contributed by atoms with Gasteiger partial charge in [0.05, 0.1) is 11.4 Å². The molecule has 3 N–H and O–H groups in total. The molecule has 0 fully saturated rings. The summed E-state index contributed by atoms with van der Waals surface area (Å²) in [5, 5.41) is 10.4. The van der Waals surface area contributed by atoms with Crippen LogP contribution in [0.2, 0.25) is 0 Å². The zero-order chi connectivity index (χ0) is 7.40. The van der Waals surface area contributed by atoms with Crippen LogP contribution in [0.15, 0.2) is 0 Å². The Morgan fingerprint density at radius 2 is 2.30 bits per heavy atom. The molecule has 0 aliphatic carbocycles. The van der Waals surface area contributed by atoms with Crippen molar-refractivity contribution in [2.75, 3.05) is 6.54 Å². The highest BCUT2D eigenvalue weighted by atomic mass is 15.3. The van der Waals surface area contributed by atoms with Crippen LogP contribution in [-0.4, -0.2) is 22.0 Å². The second-order valence-corrected chi connectivity index (χ2v) is 2.25. The molecule has 0 bridgehead atoms. The van der Waals surface area contributed by atoms with Gasteiger partial charge in [0.2, 0.25) is 0 Å². The number of nitrogens with two attached hydrogens (primary N) is 1. The molecule has 1 aromatic heterocycles. The van der Waals surface area contributed by atoms with Crippen molar-refractivity contribution < 1.29 is 0 Å². The quantitative estimate of drug-likeness (QED) is 0.621. The molecule has 0 radical (unpaired) electrons. The average Bonchev–Trinajstić information content (AvgIpc) is 2.31. The normalized spacial score (nSPS) is 10.2. The molecule has 0 aliphatic rings. The van der Waals surface area contributed by atoms with Crippen LogP contribution in [0.1, 0.15) is 17.8 Å². The van der Waals surface area contributed by atoms with Crippen LogP contribution in [0.25, 0.3) is 0 Å². The fraction of sp³-hybridized carbons (Fsp3) is 0.667. The van der Waals surface area contributed by atoms with Crippen LogP contribution in [0.4, 0.5) is 0 Å². The summed E-state index contributed by atoms with van der Waals surface area (Å²) in [6, 6.07) is 0. The van der Waals surface area contributed by atoms with Gasteiger partial charge in [0.1, 0.15) is 0 Å². The lowest BCUT2D eigenvalue weighted by Crippen LogP contribution is -2.01. The Morgan fingerprint density at radius 3 is 2.80 bits per heavy atom. The van der Waals surface area contributed by atoms with E-state index in [0.717, 1.165) is 24.2 Å². The lowest BCUT2D eigenvalue weighted by Gasteiger charge is -1.92. The number of rotatable bonds is 3. The molecule has 0 saturated carbocycles. The van der Waals surface area contributed by atoms with Gasteiger partial charge in [-0.3, -0.25) is 0 Å². The Morgan fingerprint density at radius 1 is 1.50 bits per heavy atom. The van der Waals surface area contributed by atoms with Crippen LogP contribution >= 0.6 is 0 Å². The van der Waals surface area contributed by atoms with Crippen molar-refractivity contribution in [1.29, 1.82) is 0 Å². The third kappa shape index (κ3) is 1.54. The van der Waals surface area contributed by atoms with Crippen LogP contribution < -0.4 is 5.73 Å². The van der Waals surface area contributed by atoms with Gasteiger partial charge < -0.3 is 5.73 Å². The highest BCUT2D eigenvalue weighted by Gasteiger charge is 1.99. The summed E-state index contributed by atoms with van der Waals surface area (Å²) in [6.45, 7) is 2.65. The SMILES string of the molecule is Cc1n[nH]nc1CCCN. The van der Waals surface area contributed by atoms with Crippen LogP contribution in [0, 0.1) is 6.92 Å². The monoisotopic (exact) mass is 140 g/mol. The van der Waals surface area contributed by atoms with E-state index in [1.54, 1.807) is 0 Å². The van der Waals surface area contributed by atoms with Crippen LogP contribution in [0.3, 0.4) is 0 Å². The van der Waals surface area contributed by atoms with Gasteiger partial charge in [-0.1, -0.05) is 0 Å². The van der Waals surface area contributed by atoms with Crippen LogP contribution in [0.5, 0.6) is 0 Å². The minimum Gasteiger partial charge on any atom is -0.330 e. The fourth-order valence-electron chi connectivity index (χ4n) is 0.812. The molecule has 1 heterocycles. The summed E-state index contributed by atoms with van der Waals surface area (Å²) in [7, 11) is 0. The molecular weight excluding hydrogens is 128 g/mol. The molecule has 1 aromatic rings. The molecule has 0 aromatic carbocycles. The lowest BCUT2D eigenvalue weighted by atomic mass is 10.2. The third-order valence-corrected chi connectivity index (χ3v) is 1.44. The largest absolute Gasteiger partial charge is 0.330 e. The first-order valence-electron chi connectivity index (χ1n) is 3.41. The molecular formula is C6H12N4. The van der Waals surface area contributed by atoms with E-state index in [2.05, 4.69) is 15.4 Å². The molecule has 0 atom stereocenters. The molecule has 0 spiro atoms. The minimum atomic E-state index is 0.715. The van der Waals surface area contributed by atoms with E-state index < -0.39 is 0 Å². The minimum absolute atomic E-state index is 0.715. The van der Waals surface area contributed by atoms with Gasteiger partial charge >= 0.3 is 0 Å². The summed E-state index contributed by atoms with van der Waals surface area (Å²) in [6.07, 6.45) is 1.91. The van der Waals surface area contributed by atoms with Gasteiger partial charge in [0.15, 0.2) is 0 Å². The molecule has 10 heavy (non-hydrogen) atoms. The second kappa shape index (κ2) is 3.31. The van der Waals surface area contributed by atoms with Crippen molar-refractivity contribution in [1.82, 2.24) is 15.4 Å². The molecule has 56 valence electrons. The summed E-state index contributed by atoms with van der Waals surface area (Å²) in [5.74, 6) is 0. The molecule has 4 nitrogen and oxygen atoms in total. The van der Waals surface area contributed by atoms with Gasteiger partial charge in [-0.05, 0) is 26.3 Å². The van der Waals surface area contributed by atoms with E-state index in [9.17, 15) is 0 Å². The highest BCUT2D eigenvalue weighted by molar-refractivity contribution is 5.05. The predicted molar refractivity (Wildman–Crippen MR) is 38.5 cm³/mol. The van der Waals surface area contributed by atoms with E-state index in [0.29, 0.717) is 6.54 Å². The van der Waals surface area contributed by atoms with Gasteiger partial charge in [0, 0.05) is 0 Å². The summed E-state index contributed by atoms with van der Waals surface area (Å²) < 4.78 is 0. The molecule has 0 aliphatic heterocycles. The highest BCUT2D eigenvalue weighted by Crippen LogP contribution is 2.00. The van der Waals surface area contributed by atoms with Crippen LogP contribution in [-0.2, 0) is 6.42 Å². The lowest BCUT2D eigenvalue weighted by molar-refractivity contribution is 0.798. The number of nitrogens with one attached hydrogen (secondary N) is 1. The smallest absolute Gasteiger partial charge is 0.0854 e. The number of aryl methyl sites for hydroxylation is 2. The van der Waals surface area contributed by atoms with Gasteiger partial charge in [-0.15, -0.1) is 0 Å². The molecule has 0 saturated heterocycles. The van der Waals surface area contributed by atoms with Crippen molar-refractivity contribution >= 4 is 0 Å². The van der Waals surface area contributed by atoms with Gasteiger partial charge in [-0.2, -0.15) is 15.4 Å². The maximum Gasteiger partial charge on any atom is 0.0854 e. The van der Waals surface area contributed by atoms with Gasteiger partial charge in [0.25, 0.3) is 0 Å². The summed E-state index contributed by atoms with van der Waals surface area (Å²) in [5.41, 5.74) is 7.35. The number of hydrogen-bond acceptors (Lipinski definition) is 3. The maximum atomic E-state index is 5.34. The number of H-pyrrole nitrogens is 1. The third-order valence-electron chi connectivity index (χ3n) is 1.44. The Labute approximate surface area is 59.8 Å². The maximum absolute atomic E-state index is 5.34. The first-order valence-corrected chi connectivity index (χ1v) is 3.41. The second-order valence-electron chi connectivity index (χ2n) is 2.25. The number of aromatic amines is 1. The Balaban J connectivity index is 2.49. The number of aromatic nitrogens is 3. The van der Waals surface area contributed by atoms with Crippen molar-refractivity contribution in [3.8, 4) is 0 Å². The standard InChI is InChI=1S/C6H12N4/c1-5-6(3-2-4-7)9-10-8-5/h2-4,7H2,1H3,(H,8,9,10). The van der Waals surface area contributed by atoms with Crippen molar-refractivity contribution in [2.24, 2.45) is 5.73 Å². The van der Waals surface area contributed by atoms with Crippen molar-refractivity contribution in [2.45, 2.75) is 19.8 Å². The zero-order valence-electron chi connectivity index (χ0n) is 6.09. The first kappa shape index (κ1) is 7.21. The average molecular weight is 140 g/mol. The Bertz CT molecular complexity index is 193. The molecule has 0 amide bonds. The number of hydrogen-bond donors (Lipinski definition) is 2. The van der Waals surface area contributed by atoms with E-state index in [-0.39, 0.29) is 0 Å².